The van der Waals surface area contributed by atoms with Crippen molar-refractivity contribution in [3.63, 3.8) is 0 Å². The molecule has 1 heterocycles. The Balaban J connectivity index is 1.95. The third-order valence-electron chi connectivity index (χ3n) is 3.20. The second-order valence-corrected chi connectivity index (χ2v) is 4.70. The number of ketones is 1. The highest BCUT2D eigenvalue weighted by atomic mass is 19.1. The highest BCUT2D eigenvalue weighted by Crippen LogP contribution is 2.22. The number of halogens is 1. The van der Waals surface area contributed by atoms with Gasteiger partial charge < -0.3 is 9.69 Å². The number of nitrogens with zero attached hydrogens (tertiary/aromatic N) is 1. The first-order valence-corrected chi connectivity index (χ1v) is 6.12. The summed E-state index contributed by atoms with van der Waals surface area (Å²) in [5.74, 6) is 0.217. The number of alkyl halides is 1. The third-order valence-corrected chi connectivity index (χ3v) is 3.20. The van der Waals surface area contributed by atoms with E-state index in [9.17, 15) is 9.18 Å². The summed E-state index contributed by atoms with van der Waals surface area (Å²) in [5, 5.41) is 0. The number of anilines is 1. The van der Waals surface area contributed by atoms with E-state index in [1.54, 1.807) is 6.92 Å². The summed E-state index contributed by atoms with van der Waals surface area (Å²) in [6, 6.07) is 8.11. The molecule has 0 aromatic heterocycles. The van der Waals surface area contributed by atoms with Crippen LogP contribution in [0.4, 0.5) is 10.1 Å². The summed E-state index contributed by atoms with van der Waals surface area (Å²) in [6.07, 6.45) is 1.33. The number of carbonyl (C=O) groups excluding carboxylic acids is 1. The van der Waals surface area contributed by atoms with E-state index in [1.807, 2.05) is 24.3 Å². The number of aryl methyl sites for hydroxylation is 1. The van der Waals surface area contributed by atoms with Crippen LogP contribution in [0, 0.1) is 0 Å². The summed E-state index contributed by atoms with van der Waals surface area (Å²) in [5.41, 5.74) is 2.25. The van der Waals surface area contributed by atoms with Crippen LogP contribution in [0.15, 0.2) is 24.3 Å². The molecule has 1 aromatic carbocycles. The number of carbonyl (C=O) groups is 1. The maximum absolute atomic E-state index is 13.1. The van der Waals surface area contributed by atoms with Crippen LogP contribution in [0.1, 0.15) is 25.3 Å². The molecule has 1 atom stereocenters. The molecule has 0 N–H and O–H groups in total. The van der Waals surface area contributed by atoms with Gasteiger partial charge in [0.05, 0.1) is 0 Å². The molecule has 0 amide bonds. The average Bonchev–Trinajstić information content (AvgIpc) is 2.74. The van der Waals surface area contributed by atoms with Gasteiger partial charge in [-0.15, -0.1) is 0 Å². The SMILES string of the molecule is CC(=O)CCc1ccc(N2CCC(F)C2)cc1. The van der Waals surface area contributed by atoms with Gasteiger partial charge in [-0.1, -0.05) is 12.1 Å². The van der Waals surface area contributed by atoms with E-state index in [2.05, 4.69) is 4.90 Å². The van der Waals surface area contributed by atoms with Gasteiger partial charge in [-0.3, -0.25) is 0 Å². The molecule has 2 rings (SSSR count). The molecule has 17 heavy (non-hydrogen) atoms. The topological polar surface area (TPSA) is 20.3 Å². The summed E-state index contributed by atoms with van der Waals surface area (Å²) < 4.78 is 13.1. The zero-order valence-corrected chi connectivity index (χ0v) is 10.2. The van der Waals surface area contributed by atoms with Gasteiger partial charge >= 0.3 is 0 Å². The second-order valence-electron chi connectivity index (χ2n) is 4.70. The van der Waals surface area contributed by atoms with Crippen LogP contribution in [0.3, 0.4) is 0 Å². The lowest BCUT2D eigenvalue weighted by molar-refractivity contribution is -0.116. The van der Waals surface area contributed by atoms with Crippen LogP contribution in [0.2, 0.25) is 0 Å². The van der Waals surface area contributed by atoms with E-state index in [4.69, 9.17) is 0 Å². The third kappa shape index (κ3) is 3.29. The van der Waals surface area contributed by atoms with Crippen LogP contribution in [-0.4, -0.2) is 25.0 Å². The predicted octanol–water partition coefficient (Wildman–Crippen LogP) is 2.76. The van der Waals surface area contributed by atoms with E-state index < -0.39 is 6.17 Å². The first kappa shape index (κ1) is 12.1. The Morgan fingerprint density at radius 2 is 2.12 bits per heavy atom. The van der Waals surface area contributed by atoms with E-state index in [0.717, 1.165) is 18.7 Å². The zero-order valence-electron chi connectivity index (χ0n) is 10.2. The molecule has 0 aliphatic carbocycles. The lowest BCUT2D eigenvalue weighted by Gasteiger charge is -2.17. The number of benzene rings is 1. The Kier molecular flexibility index (Phi) is 3.77. The van der Waals surface area contributed by atoms with Gasteiger partial charge in [-0.2, -0.15) is 0 Å². The van der Waals surface area contributed by atoms with Crippen molar-refractivity contribution >= 4 is 11.5 Å². The summed E-state index contributed by atoms with van der Waals surface area (Å²) in [4.78, 5) is 12.9. The molecule has 3 heteroatoms. The maximum Gasteiger partial charge on any atom is 0.130 e. The van der Waals surface area contributed by atoms with Gasteiger partial charge in [0.2, 0.25) is 0 Å². The number of hydrogen-bond donors (Lipinski definition) is 0. The molecule has 0 saturated carbocycles. The quantitative estimate of drug-likeness (QED) is 0.799. The molecule has 1 aliphatic rings. The van der Waals surface area contributed by atoms with Gasteiger partial charge in [0.25, 0.3) is 0 Å². The van der Waals surface area contributed by atoms with Crippen molar-refractivity contribution in [2.24, 2.45) is 0 Å². The van der Waals surface area contributed by atoms with Crippen molar-refractivity contribution in [2.45, 2.75) is 32.4 Å². The van der Waals surface area contributed by atoms with E-state index >= 15 is 0 Å². The second kappa shape index (κ2) is 5.30. The Hall–Kier alpha value is -1.38. The first-order valence-electron chi connectivity index (χ1n) is 6.12. The minimum atomic E-state index is -0.688. The zero-order chi connectivity index (χ0) is 12.3. The molecule has 1 aromatic rings. The highest BCUT2D eigenvalue weighted by Gasteiger charge is 2.21. The molecular formula is C14H18FNO. The molecule has 1 unspecified atom stereocenters. The van der Waals surface area contributed by atoms with Gasteiger partial charge in [0.15, 0.2) is 0 Å². The van der Waals surface area contributed by atoms with Crippen molar-refractivity contribution in [1.29, 1.82) is 0 Å². The van der Waals surface area contributed by atoms with Crippen molar-refractivity contribution in [3.05, 3.63) is 29.8 Å². The molecule has 1 aliphatic heterocycles. The fourth-order valence-corrected chi connectivity index (χ4v) is 2.15. The number of Topliss-reactive ketones (excluding diaryl/α,β-unsaturated/α-hetero) is 1. The van der Waals surface area contributed by atoms with E-state index in [-0.39, 0.29) is 5.78 Å². The molecule has 1 saturated heterocycles. The fraction of sp³-hybridized carbons (Fsp3) is 0.500. The minimum absolute atomic E-state index is 0.217. The number of hydrogen-bond acceptors (Lipinski definition) is 2. The van der Waals surface area contributed by atoms with E-state index in [0.29, 0.717) is 19.4 Å². The lowest BCUT2D eigenvalue weighted by atomic mass is 10.1. The predicted molar refractivity (Wildman–Crippen MR) is 67.2 cm³/mol. The van der Waals surface area contributed by atoms with Gasteiger partial charge in [0.1, 0.15) is 12.0 Å². The van der Waals surface area contributed by atoms with Gasteiger partial charge in [-0.25, -0.2) is 4.39 Å². The van der Waals surface area contributed by atoms with Gasteiger partial charge in [0, 0.05) is 25.2 Å². The van der Waals surface area contributed by atoms with Crippen molar-refractivity contribution in [2.75, 3.05) is 18.0 Å². The van der Waals surface area contributed by atoms with Crippen molar-refractivity contribution < 1.29 is 9.18 Å². The average molecular weight is 235 g/mol. The largest absolute Gasteiger partial charge is 0.369 e. The Morgan fingerprint density at radius 3 is 2.65 bits per heavy atom. The van der Waals surface area contributed by atoms with Crippen LogP contribution in [0.5, 0.6) is 0 Å². The summed E-state index contributed by atoms with van der Waals surface area (Å²) in [6.45, 7) is 2.92. The molecule has 0 radical (unpaired) electrons. The van der Waals surface area contributed by atoms with Gasteiger partial charge in [-0.05, 0) is 37.5 Å². The molecule has 92 valence electrons. The Bertz CT molecular complexity index is 388. The molecule has 2 nitrogen and oxygen atoms in total. The van der Waals surface area contributed by atoms with Crippen LogP contribution in [0.25, 0.3) is 0 Å². The van der Waals surface area contributed by atoms with Crippen molar-refractivity contribution in [3.8, 4) is 0 Å². The molecule has 1 fully saturated rings. The Morgan fingerprint density at radius 1 is 1.41 bits per heavy atom. The summed E-state index contributed by atoms with van der Waals surface area (Å²) >= 11 is 0. The lowest BCUT2D eigenvalue weighted by Crippen LogP contribution is -2.19. The van der Waals surface area contributed by atoms with Crippen LogP contribution in [-0.2, 0) is 11.2 Å². The van der Waals surface area contributed by atoms with Crippen LogP contribution >= 0.6 is 0 Å². The number of rotatable bonds is 4. The van der Waals surface area contributed by atoms with Crippen LogP contribution < -0.4 is 4.90 Å². The fourth-order valence-electron chi connectivity index (χ4n) is 2.15. The van der Waals surface area contributed by atoms with E-state index in [1.165, 1.54) is 5.56 Å². The first-order chi connectivity index (χ1) is 8.15. The monoisotopic (exact) mass is 235 g/mol. The molecule has 0 spiro atoms. The minimum Gasteiger partial charge on any atom is -0.369 e. The summed E-state index contributed by atoms with van der Waals surface area (Å²) in [7, 11) is 0. The highest BCUT2D eigenvalue weighted by molar-refractivity contribution is 5.75. The molecular weight excluding hydrogens is 217 g/mol. The Labute approximate surface area is 101 Å². The van der Waals surface area contributed by atoms with Crippen molar-refractivity contribution in [1.82, 2.24) is 0 Å². The normalized spacial score (nSPS) is 19.6. The standard InChI is InChI=1S/C14H18FNO/c1-11(17)2-3-12-4-6-14(7-5-12)16-9-8-13(15)10-16/h4-7,13H,2-3,8-10H2,1H3. The maximum atomic E-state index is 13.1. The smallest absolute Gasteiger partial charge is 0.130 e. The molecule has 0 bridgehead atoms.